The van der Waals surface area contributed by atoms with E-state index in [1.807, 2.05) is 11.7 Å². The van der Waals surface area contributed by atoms with Gasteiger partial charge in [0.2, 0.25) is 5.91 Å². The summed E-state index contributed by atoms with van der Waals surface area (Å²) in [7, 11) is 2.03. The third kappa shape index (κ3) is 4.31. The number of carbonyl (C=O) groups excluding carboxylic acids is 1. The SMILES string of the molecule is Cc1nn(C)c(C)c1CN(C1CC1)C1CCC(=O)N(Cc2ccc3ccccc3c2)CC1. The van der Waals surface area contributed by atoms with E-state index in [0.29, 0.717) is 31.0 Å². The van der Waals surface area contributed by atoms with E-state index in [4.69, 9.17) is 0 Å². The molecule has 2 heterocycles. The van der Waals surface area contributed by atoms with E-state index >= 15 is 0 Å². The minimum atomic E-state index is 0.296. The van der Waals surface area contributed by atoms with Crippen LogP contribution in [0.1, 0.15) is 54.6 Å². The second-order valence-electron chi connectivity index (χ2n) is 9.65. The molecule has 32 heavy (non-hydrogen) atoms. The van der Waals surface area contributed by atoms with Gasteiger partial charge in [-0.25, -0.2) is 0 Å². The number of amides is 1. The highest BCUT2D eigenvalue weighted by Crippen LogP contribution is 2.34. The monoisotopic (exact) mass is 430 g/mol. The molecule has 168 valence electrons. The average Bonchev–Trinajstić information content (AvgIpc) is 3.61. The summed E-state index contributed by atoms with van der Waals surface area (Å²) in [4.78, 5) is 17.8. The van der Waals surface area contributed by atoms with Gasteiger partial charge in [-0.05, 0) is 61.9 Å². The topological polar surface area (TPSA) is 41.4 Å². The standard InChI is InChI=1S/C27H34N4O/c1-19-26(20(2)29(3)28-19)18-31(24-10-11-24)25-12-13-27(32)30(15-14-25)17-21-8-9-22-6-4-5-7-23(22)16-21/h4-9,16,24-25H,10-15,17-18H2,1-3H3. The molecule has 3 aromatic rings. The third-order valence-corrected chi connectivity index (χ3v) is 7.45. The first-order chi connectivity index (χ1) is 15.5. The Morgan fingerprint density at radius 3 is 2.47 bits per heavy atom. The van der Waals surface area contributed by atoms with E-state index in [-0.39, 0.29) is 0 Å². The summed E-state index contributed by atoms with van der Waals surface area (Å²) in [6, 6.07) is 16.1. The Balaban J connectivity index is 1.29. The quantitative estimate of drug-likeness (QED) is 0.567. The van der Waals surface area contributed by atoms with Gasteiger partial charge < -0.3 is 4.90 Å². The molecule has 5 nitrogen and oxygen atoms in total. The Kier molecular flexibility index (Phi) is 5.76. The summed E-state index contributed by atoms with van der Waals surface area (Å²) in [5.74, 6) is 0.296. The lowest BCUT2D eigenvalue weighted by Crippen LogP contribution is -2.37. The number of hydrogen-bond donors (Lipinski definition) is 0. The van der Waals surface area contributed by atoms with Crippen LogP contribution < -0.4 is 0 Å². The molecule has 0 N–H and O–H groups in total. The Labute approximate surface area is 191 Å². The molecule has 0 radical (unpaired) electrons. The number of rotatable bonds is 6. The minimum Gasteiger partial charge on any atom is -0.338 e. The highest BCUT2D eigenvalue weighted by Gasteiger charge is 2.36. The van der Waals surface area contributed by atoms with E-state index in [1.165, 1.54) is 40.4 Å². The summed E-state index contributed by atoms with van der Waals surface area (Å²) in [5, 5.41) is 7.12. The van der Waals surface area contributed by atoms with E-state index < -0.39 is 0 Å². The molecule has 5 rings (SSSR count). The van der Waals surface area contributed by atoms with Crippen molar-refractivity contribution in [2.75, 3.05) is 6.54 Å². The molecular formula is C27H34N4O. The number of likely N-dealkylation sites (tertiary alicyclic amines) is 1. The zero-order valence-corrected chi connectivity index (χ0v) is 19.6. The molecule has 1 aromatic heterocycles. The van der Waals surface area contributed by atoms with Crippen LogP contribution in [0.25, 0.3) is 10.8 Å². The summed E-state index contributed by atoms with van der Waals surface area (Å²) in [6.07, 6.45) is 5.22. The van der Waals surface area contributed by atoms with Gasteiger partial charge in [0.15, 0.2) is 0 Å². The minimum absolute atomic E-state index is 0.296. The predicted octanol–water partition coefficient (Wildman–Crippen LogP) is 4.74. The van der Waals surface area contributed by atoms with E-state index in [0.717, 1.165) is 31.6 Å². The zero-order valence-electron chi connectivity index (χ0n) is 19.6. The van der Waals surface area contributed by atoms with Gasteiger partial charge in [-0.1, -0.05) is 36.4 Å². The van der Waals surface area contributed by atoms with Crippen molar-refractivity contribution in [2.24, 2.45) is 7.05 Å². The number of carbonyl (C=O) groups is 1. The van der Waals surface area contributed by atoms with Gasteiger partial charge in [0.05, 0.1) is 5.69 Å². The number of hydrogen-bond acceptors (Lipinski definition) is 3. The van der Waals surface area contributed by atoms with Gasteiger partial charge in [-0.2, -0.15) is 5.10 Å². The van der Waals surface area contributed by atoms with Gasteiger partial charge in [-0.15, -0.1) is 0 Å². The molecular weight excluding hydrogens is 396 g/mol. The van der Waals surface area contributed by atoms with Crippen LogP contribution in [-0.2, 0) is 24.9 Å². The lowest BCUT2D eigenvalue weighted by Gasteiger charge is -2.31. The van der Waals surface area contributed by atoms with Crippen LogP contribution in [0.4, 0.5) is 0 Å². The van der Waals surface area contributed by atoms with Crippen molar-refractivity contribution >= 4 is 16.7 Å². The molecule has 1 amide bonds. The van der Waals surface area contributed by atoms with Crippen LogP contribution in [0.15, 0.2) is 42.5 Å². The van der Waals surface area contributed by atoms with Crippen LogP contribution in [0.3, 0.4) is 0 Å². The molecule has 1 saturated heterocycles. The van der Waals surface area contributed by atoms with Crippen molar-refractivity contribution in [1.82, 2.24) is 19.6 Å². The van der Waals surface area contributed by atoms with Crippen molar-refractivity contribution < 1.29 is 4.79 Å². The summed E-state index contributed by atoms with van der Waals surface area (Å²) >= 11 is 0. The molecule has 1 saturated carbocycles. The van der Waals surface area contributed by atoms with E-state index in [9.17, 15) is 4.79 Å². The van der Waals surface area contributed by atoms with Gasteiger partial charge >= 0.3 is 0 Å². The first kappa shape index (κ1) is 21.2. The molecule has 5 heteroatoms. The van der Waals surface area contributed by atoms with Gasteiger partial charge in [0, 0.05) is 56.4 Å². The first-order valence-electron chi connectivity index (χ1n) is 12.0. The normalized spacial score (nSPS) is 19.7. The highest BCUT2D eigenvalue weighted by molar-refractivity contribution is 5.83. The molecule has 2 fully saturated rings. The number of aromatic nitrogens is 2. The highest BCUT2D eigenvalue weighted by atomic mass is 16.2. The number of fused-ring (bicyclic) bond motifs is 1. The molecule has 1 aliphatic carbocycles. The fourth-order valence-electron chi connectivity index (χ4n) is 5.27. The second-order valence-corrected chi connectivity index (χ2v) is 9.65. The Morgan fingerprint density at radius 2 is 1.75 bits per heavy atom. The fraction of sp³-hybridized carbons (Fsp3) is 0.481. The molecule has 1 aliphatic heterocycles. The predicted molar refractivity (Wildman–Crippen MR) is 128 cm³/mol. The second kappa shape index (κ2) is 8.70. The van der Waals surface area contributed by atoms with Gasteiger partial charge in [0.1, 0.15) is 0 Å². The average molecular weight is 431 g/mol. The number of nitrogens with zero attached hydrogens (tertiary/aromatic N) is 4. The lowest BCUT2D eigenvalue weighted by molar-refractivity contribution is -0.131. The van der Waals surface area contributed by atoms with Crippen LogP contribution in [0, 0.1) is 13.8 Å². The molecule has 0 bridgehead atoms. The number of aryl methyl sites for hydroxylation is 2. The molecule has 1 unspecified atom stereocenters. The zero-order chi connectivity index (χ0) is 22.2. The molecule has 2 aromatic carbocycles. The lowest BCUT2D eigenvalue weighted by atomic mass is 10.0. The third-order valence-electron chi connectivity index (χ3n) is 7.45. The number of benzene rings is 2. The van der Waals surface area contributed by atoms with Crippen molar-refractivity contribution in [1.29, 1.82) is 0 Å². The van der Waals surface area contributed by atoms with Crippen molar-refractivity contribution in [3.63, 3.8) is 0 Å². The van der Waals surface area contributed by atoms with Crippen molar-refractivity contribution in [2.45, 2.75) is 71.1 Å². The van der Waals surface area contributed by atoms with Gasteiger partial charge in [0.25, 0.3) is 0 Å². The Hall–Kier alpha value is -2.66. The summed E-state index contributed by atoms with van der Waals surface area (Å²) in [6.45, 7) is 6.79. The van der Waals surface area contributed by atoms with Crippen molar-refractivity contribution in [3.05, 3.63) is 65.0 Å². The molecule has 0 spiro atoms. The molecule has 2 aliphatic rings. The largest absolute Gasteiger partial charge is 0.338 e. The van der Waals surface area contributed by atoms with E-state index in [1.54, 1.807) is 0 Å². The maximum Gasteiger partial charge on any atom is 0.222 e. The fourth-order valence-corrected chi connectivity index (χ4v) is 5.27. The van der Waals surface area contributed by atoms with Gasteiger partial charge in [-0.3, -0.25) is 14.4 Å². The smallest absolute Gasteiger partial charge is 0.222 e. The van der Waals surface area contributed by atoms with Crippen LogP contribution >= 0.6 is 0 Å². The Bertz CT molecular complexity index is 1130. The first-order valence-corrected chi connectivity index (χ1v) is 12.0. The van der Waals surface area contributed by atoms with Crippen molar-refractivity contribution in [3.8, 4) is 0 Å². The van der Waals surface area contributed by atoms with Crippen LogP contribution in [0.2, 0.25) is 0 Å². The van der Waals surface area contributed by atoms with E-state index in [2.05, 4.69) is 71.2 Å². The van der Waals surface area contributed by atoms with Crippen LogP contribution in [-0.4, -0.2) is 44.1 Å². The maximum atomic E-state index is 13.0. The summed E-state index contributed by atoms with van der Waals surface area (Å²) in [5.41, 5.74) is 4.98. The van der Waals surface area contributed by atoms with Crippen LogP contribution in [0.5, 0.6) is 0 Å². The Morgan fingerprint density at radius 1 is 1.00 bits per heavy atom. The summed E-state index contributed by atoms with van der Waals surface area (Å²) < 4.78 is 2.00. The molecule has 1 atom stereocenters. The maximum absolute atomic E-state index is 13.0.